The van der Waals surface area contributed by atoms with Crippen molar-refractivity contribution in [2.75, 3.05) is 6.61 Å². The highest BCUT2D eigenvalue weighted by atomic mass is 16.5. The van der Waals surface area contributed by atoms with Crippen molar-refractivity contribution in [3.8, 4) is 0 Å². The van der Waals surface area contributed by atoms with Crippen LogP contribution < -0.4 is 0 Å². The summed E-state index contributed by atoms with van der Waals surface area (Å²) in [7, 11) is 0. The molecule has 1 N–H and O–H groups in total. The largest absolute Gasteiger partial charge is 0.393 e. The fraction of sp³-hybridized carbons (Fsp3) is 1.00. The molecule has 1 aliphatic heterocycles. The van der Waals surface area contributed by atoms with Gasteiger partial charge in [0.1, 0.15) is 0 Å². The van der Waals surface area contributed by atoms with Gasteiger partial charge in [-0.15, -0.1) is 0 Å². The summed E-state index contributed by atoms with van der Waals surface area (Å²) in [5, 5.41) is 9.44. The summed E-state index contributed by atoms with van der Waals surface area (Å²) in [6.07, 6.45) is 5.12. The van der Waals surface area contributed by atoms with E-state index in [0.29, 0.717) is 12.0 Å². The first kappa shape index (κ1) is 8.52. The normalized spacial score (nSPS) is 44.0. The summed E-state index contributed by atoms with van der Waals surface area (Å²) in [6.45, 7) is 2.85. The van der Waals surface area contributed by atoms with Crippen molar-refractivity contribution >= 4 is 0 Å². The van der Waals surface area contributed by atoms with Crippen LogP contribution in [0.2, 0.25) is 0 Å². The van der Waals surface area contributed by atoms with Gasteiger partial charge in [-0.1, -0.05) is 0 Å². The molecule has 2 nitrogen and oxygen atoms in total. The molecule has 4 atom stereocenters. The predicted octanol–water partition coefficient (Wildman–Crippen LogP) is 1.57. The molecule has 1 saturated heterocycles. The molecule has 2 heteroatoms. The Bertz CT molecular complexity index is 156. The van der Waals surface area contributed by atoms with E-state index in [1.165, 1.54) is 19.3 Å². The van der Waals surface area contributed by atoms with Crippen molar-refractivity contribution in [2.45, 2.75) is 44.8 Å². The van der Waals surface area contributed by atoms with E-state index in [0.717, 1.165) is 18.9 Å². The van der Waals surface area contributed by atoms with Crippen LogP contribution in [-0.2, 0) is 4.74 Å². The van der Waals surface area contributed by atoms with Gasteiger partial charge >= 0.3 is 0 Å². The van der Waals surface area contributed by atoms with Gasteiger partial charge in [0.25, 0.3) is 0 Å². The molecule has 3 unspecified atom stereocenters. The van der Waals surface area contributed by atoms with Gasteiger partial charge < -0.3 is 9.84 Å². The lowest BCUT2D eigenvalue weighted by Crippen LogP contribution is -2.31. The third kappa shape index (κ3) is 1.50. The zero-order valence-electron chi connectivity index (χ0n) is 7.70. The Morgan fingerprint density at radius 2 is 2.17 bits per heavy atom. The molecule has 2 aliphatic rings. The third-order valence-corrected chi connectivity index (χ3v) is 3.47. The summed E-state index contributed by atoms with van der Waals surface area (Å²) < 4.78 is 5.63. The number of hydrogen-bond acceptors (Lipinski definition) is 2. The monoisotopic (exact) mass is 170 g/mol. The van der Waals surface area contributed by atoms with Gasteiger partial charge in [-0.2, -0.15) is 0 Å². The fourth-order valence-electron chi connectivity index (χ4n) is 2.57. The van der Waals surface area contributed by atoms with Crippen LogP contribution in [0, 0.1) is 11.8 Å². The first-order valence-electron chi connectivity index (χ1n) is 5.07. The molecule has 1 aliphatic carbocycles. The first-order valence-corrected chi connectivity index (χ1v) is 5.07. The lowest BCUT2D eigenvalue weighted by molar-refractivity contribution is 0.00839. The lowest BCUT2D eigenvalue weighted by Gasteiger charge is -2.32. The number of ether oxygens (including phenoxy) is 1. The number of hydrogen-bond donors (Lipinski definition) is 1. The lowest BCUT2D eigenvalue weighted by atomic mass is 9.78. The first-order chi connectivity index (χ1) is 5.77. The van der Waals surface area contributed by atoms with Crippen LogP contribution in [0.25, 0.3) is 0 Å². The SMILES string of the molecule is CC(O)C1CC[C@@H]2CCOC2C1. The molecule has 2 rings (SSSR count). The molecule has 0 radical (unpaired) electrons. The summed E-state index contributed by atoms with van der Waals surface area (Å²) in [5.41, 5.74) is 0. The van der Waals surface area contributed by atoms with Gasteiger partial charge in [-0.3, -0.25) is 0 Å². The van der Waals surface area contributed by atoms with E-state index >= 15 is 0 Å². The Hall–Kier alpha value is -0.0800. The molecule has 1 heterocycles. The minimum Gasteiger partial charge on any atom is -0.393 e. The van der Waals surface area contributed by atoms with E-state index in [1.807, 2.05) is 6.92 Å². The van der Waals surface area contributed by atoms with Crippen LogP contribution in [0.4, 0.5) is 0 Å². The molecule has 0 bridgehead atoms. The van der Waals surface area contributed by atoms with E-state index in [2.05, 4.69) is 0 Å². The van der Waals surface area contributed by atoms with Crippen LogP contribution in [-0.4, -0.2) is 23.9 Å². The molecule has 70 valence electrons. The predicted molar refractivity (Wildman–Crippen MR) is 46.9 cm³/mol. The van der Waals surface area contributed by atoms with Gasteiger partial charge in [0.2, 0.25) is 0 Å². The summed E-state index contributed by atoms with van der Waals surface area (Å²) in [6, 6.07) is 0. The van der Waals surface area contributed by atoms with Crippen molar-refractivity contribution < 1.29 is 9.84 Å². The number of aliphatic hydroxyl groups is 1. The Morgan fingerprint density at radius 3 is 2.92 bits per heavy atom. The molecule has 0 spiro atoms. The number of aliphatic hydroxyl groups excluding tert-OH is 1. The van der Waals surface area contributed by atoms with Gasteiger partial charge in [-0.25, -0.2) is 0 Å². The Labute approximate surface area is 73.9 Å². The number of rotatable bonds is 1. The maximum absolute atomic E-state index is 9.44. The summed E-state index contributed by atoms with van der Waals surface area (Å²) >= 11 is 0. The average molecular weight is 170 g/mol. The van der Waals surface area contributed by atoms with Crippen LogP contribution in [0.3, 0.4) is 0 Å². The average Bonchev–Trinajstić information content (AvgIpc) is 2.49. The zero-order chi connectivity index (χ0) is 8.55. The van der Waals surface area contributed by atoms with E-state index in [1.54, 1.807) is 0 Å². The zero-order valence-corrected chi connectivity index (χ0v) is 7.70. The van der Waals surface area contributed by atoms with Crippen molar-refractivity contribution in [1.82, 2.24) is 0 Å². The van der Waals surface area contributed by atoms with Gasteiger partial charge in [0, 0.05) is 6.61 Å². The van der Waals surface area contributed by atoms with Crippen molar-refractivity contribution in [3.63, 3.8) is 0 Å². The summed E-state index contributed by atoms with van der Waals surface area (Å²) in [4.78, 5) is 0. The highest BCUT2D eigenvalue weighted by Gasteiger charge is 2.36. The maximum atomic E-state index is 9.44. The molecular weight excluding hydrogens is 152 g/mol. The van der Waals surface area contributed by atoms with Crippen LogP contribution in [0.1, 0.15) is 32.6 Å². The molecule has 2 fully saturated rings. The molecule has 12 heavy (non-hydrogen) atoms. The van der Waals surface area contributed by atoms with Crippen LogP contribution in [0.5, 0.6) is 0 Å². The van der Waals surface area contributed by atoms with Crippen molar-refractivity contribution in [2.24, 2.45) is 11.8 Å². The molecule has 0 aromatic rings. The molecule has 1 saturated carbocycles. The molecule has 0 aromatic carbocycles. The second-order valence-corrected chi connectivity index (χ2v) is 4.27. The quantitative estimate of drug-likeness (QED) is 0.647. The third-order valence-electron chi connectivity index (χ3n) is 3.47. The highest BCUT2D eigenvalue weighted by Crippen LogP contribution is 2.38. The fourth-order valence-corrected chi connectivity index (χ4v) is 2.57. The molecular formula is C10H18O2. The molecule has 0 aromatic heterocycles. The smallest absolute Gasteiger partial charge is 0.0607 e. The number of fused-ring (bicyclic) bond motifs is 1. The van der Waals surface area contributed by atoms with E-state index < -0.39 is 0 Å². The van der Waals surface area contributed by atoms with Crippen molar-refractivity contribution in [3.05, 3.63) is 0 Å². The van der Waals surface area contributed by atoms with Gasteiger partial charge in [0.05, 0.1) is 12.2 Å². The Balaban J connectivity index is 1.92. The topological polar surface area (TPSA) is 29.5 Å². The van der Waals surface area contributed by atoms with E-state index in [4.69, 9.17) is 4.74 Å². The minimum atomic E-state index is -0.143. The second-order valence-electron chi connectivity index (χ2n) is 4.27. The van der Waals surface area contributed by atoms with Crippen LogP contribution in [0.15, 0.2) is 0 Å². The van der Waals surface area contributed by atoms with E-state index in [-0.39, 0.29) is 6.10 Å². The second kappa shape index (κ2) is 3.35. The van der Waals surface area contributed by atoms with E-state index in [9.17, 15) is 5.11 Å². The van der Waals surface area contributed by atoms with Crippen LogP contribution >= 0.6 is 0 Å². The molecule has 0 amide bonds. The van der Waals surface area contributed by atoms with Crippen molar-refractivity contribution in [1.29, 1.82) is 0 Å². The maximum Gasteiger partial charge on any atom is 0.0607 e. The van der Waals surface area contributed by atoms with Gasteiger partial charge in [0.15, 0.2) is 0 Å². The Kier molecular flexibility index (Phi) is 2.37. The van der Waals surface area contributed by atoms with Gasteiger partial charge in [-0.05, 0) is 44.4 Å². The standard InChI is InChI=1S/C10H18O2/c1-7(11)9-3-2-8-4-5-12-10(8)6-9/h7-11H,2-6H2,1H3/t7?,8-,9?,10?/m1/s1. The minimum absolute atomic E-state index is 0.143. The highest BCUT2D eigenvalue weighted by molar-refractivity contribution is 4.85. The Morgan fingerprint density at radius 1 is 1.33 bits per heavy atom. The summed E-state index contributed by atoms with van der Waals surface area (Å²) in [5.74, 6) is 1.30.